The van der Waals surface area contributed by atoms with Crippen LogP contribution in [0.25, 0.3) is 0 Å². The molecule has 0 fully saturated rings. The molecule has 0 aromatic heterocycles. The molecule has 1 aliphatic heterocycles. The monoisotopic (exact) mass is 363 g/mol. The number of carbonyl (C=O) groups excluding carboxylic acids is 2. The Morgan fingerprint density at radius 3 is 2.65 bits per heavy atom. The highest BCUT2D eigenvalue weighted by atomic mass is 19.1. The Bertz CT molecular complexity index is 705. The first kappa shape index (κ1) is 19.9. The summed E-state index contributed by atoms with van der Waals surface area (Å²) in [5.41, 5.74) is 1.03. The maximum atomic E-state index is 14.4. The minimum Gasteiger partial charge on any atom is -0.463 e. The van der Waals surface area contributed by atoms with Crippen LogP contribution in [0.3, 0.4) is 0 Å². The molecule has 1 aliphatic rings. The first-order chi connectivity index (χ1) is 12.4. The zero-order valence-corrected chi connectivity index (χ0v) is 15.7. The summed E-state index contributed by atoms with van der Waals surface area (Å²) in [7, 11) is 3.51. The van der Waals surface area contributed by atoms with Gasteiger partial charge in [-0.15, -0.1) is 0 Å². The van der Waals surface area contributed by atoms with Crippen LogP contribution >= 0.6 is 0 Å². The van der Waals surface area contributed by atoms with E-state index < -0.39 is 17.8 Å². The van der Waals surface area contributed by atoms with E-state index in [9.17, 15) is 14.0 Å². The van der Waals surface area contributed by atoms with Crippen LogP contribution in [-0.2, 0) is 9.53 Å². The van der Waals surface area contributed by atoms with Crippen LogP contribution in [-0.4, -0.2) is 55.6 Å². The predicted octanol–water partition coefficient (Wildman–Crippen LogP) is 2.68. The Balaban J connectivity index is 2.57. The van der Waals surface area contributed by atoms with Crippen LogP contribution < -0.4 is 5.32 Å². The zero-order valence-electron chi connectivity index (χ0n) is 15.7. The molecule has 0 bridgehead atoms. The van der Waals surface area contributed by atoms with Crippen molar-refractivity contribution in [1.29, 1.82) is 0 Å². The number of halogens is 1. The molecule has 2 rings (SSSR count). The van der Waals surface area contributed by atoms with Crippen molar-refractivity contribution in [2.45, 2.75) is 26.3 Å². The van der Waals surface area contributed by atoms with Gasteiger partial charge in [-0.2, -0.15) is 0 Å². The molecule has 0 radical (unpaired) electrons. The second kappa shape index (κ2) is 8.80. The van der Waals surface area contributed by atoms with Crippen LogP contribution in [0.15, 0.2) is 35.5 Å². The lowest BCUT2D eigenvalue weighted by Crippen LogP contribution is -2.49. The third-order valence-electron chi connectivity index (χ3n) is 4.31. The van der Waals surface area contributed by atoms with Gasteiger partial charge in [0.25, 0.3) is 0 Å². The first-order valence-corrected chi connectivity index (χ1v) is 8.78. The number of likely N-dealkylation sites (N-methyl/N-ethyl adjacent to an activating group) is 2. The zero-order chi connectivity index (χ0) is 19.3. The first-order valence-electron chi connectivity index (χ1n) is 8.78. The van der Waals surface area contributed by atoms with Crippen LogP contribution in [0.1, 0.15) is 31.9 Å². The highest BCUT2D eigenvalue weighted by molar-refractivity contribution is 5.95. The number of nitrogens with zero attached hydrogens (tertiary/aromatic N) is 2. The second-order valence-electron chi connectivity index (χ2n) is 6.28. The van der Waals surface area contributed by atoms with E-state index in [1.165, 1.54) is 11.0 Å². The van der Waals surface area contributed by atoms with E-state index in [0.717, 1.165) is 13.0 Å². The quantitative estimate of drug-likeness (QED) is 0.757. The molecule has 0 saturated carbocycles. The summed E-state index contributed by atoms with van der Waals surface area (Å²) < 4.78 is 19.6. The number of carbonyl (C=O) groups is 2. The summed E-state index contributed by atoms with van der Waals surface area (Å²) in [5.74, 6) is -1.03. The van der Waals surface area contributed by atoms with Gasteiger partial charge in [0.2, 0.25) is 0 Å². The molecule has 1 N–H and O–H groups in total. The molecule has 0 saturated heterocycles. The van der Waals surface area contributed by atoms with Gasteiger partial charge in [0.05, 0.1) is 18.2 Å². The molecule has 7 heteroatoms. The predicted molar refractivity (Wildman–Crippen MR) is 96.9 cm³/mol. The smallest absolute Gasteiger partial charge is 0.338 e. The molecule has 1 atom stereocenters. The summed E-state index contributed by atoms with van der Waals surface area (Å²) in [6.07, 6.45) is 0.936. The Morgan fingerprint density at radius 1 is 1.35 bits per heavy atom. The third kappa shape index (κ3) is 4.22. The number of hydrogen-bond donors (Lipinski definition) is 1. The van der Waals surface area contributed by atoms with E-state index in [1.807, 2.05) is 11.9 Å². The molecule has 6 nitrogen and oxygen atoms in total. The summed E-state index contributed by atoms with van der Waals surface area (Å²) >= 11 is 0. The van der Waals surface area contributed by atoms with Crippen LogP contribution in [0, 0.1) is 5.82 Å². The van der Waals surface area contributed by atoms with Crippen LogP contribution in [0.4, 0.5) is 9.18 Å². The van der Waals surface area contributed by atoms with Crippen LogP contribution in [0.2, 0.25) is 0 Å². The van der Waals surface area contributed by atoms with Crippen molar-refractivity contribution in [1.82, 2.24) is 15.1 Å². The fourth-order valence-corrected chi connectivity index (χ4v) is 3.06. The van der Waals surface area contributed by atoms with E-state index in [-0.39, 0.29) is 23.8 Å². The van der Waals surface area contributed by atoms with Gasteiger partial charge in [-0.25, -0.2) is 14.0 Å². The SMILES string of the molecule is CCCN(C)CC1=C(C(=O)OCC)C(c2ccccc2F)NC(=O)N1C. The second-order valence-corrected chi connectivity index (χ2v) is 6.28. The summed E-state index contributed by atoms with van der Waals surface area (Å²) in [5, 5.41) is 2.72. The lowest BCUT2D eigenvalue weighted by atomic mass is 9.94. The van der Waals surface area contributed by atoms with Crippen LogP contribution in [0.5, 0.6) is 0 Å². The van der Waals surface area contributed by atoms with Crippen molar-refractivity contribution in [2.75, 3.05) is 33.8 Å². The van der Waals surface area contributed by atoms with Gasteiger partial charge in [0, 0.05) is 24.9 Å². The summed E-state index contributed by atoms with van der Waals surface area (Å²) in [6.45, 7) is 5.15. The van der Waals surface area contributed by atoms with Crippen molar-refractivity contribution in [3.63, 3.8) is 0 Å². The Hall–Kier alpha value is -2.41. The number of benzene rings is 1. The number of esters is 1. The normalized spacial score (nSPS) is 17.5. The maximum Gasteiger partial charge on any atom is 0.338 e. The number of amides is 2. The van der Waals surface area contributed by atoms with Gasteiger partial charge >= 0.3 is 12.0 Å². The van der Waals surface area contributed by atoms with E-state index >= 15 is 0 Å². The molecule has 1 aromatic rings. The van der Waals surface area contributed by atoms with E-state index in [1.54, 1.807) is 32.2 Å². The molecule has 1 heterocycles. The Labute approximate surface area is 153 Å². The molecule has 142 valence electrons. The van der Waals surface area contributed by atoms with E-state index in [2.05, 4.69) is 12.2 Å². The highest BCUT2D eigenvalue weighted by Gasteiger charge is 2.37. The fraction of sp³-hybridized carbons (Fsp3) is 0.474. The largest absolute Gasteiger partial charge is 0.463 e. The van der Waals surface area contributed by atoms with Gasteiger partial charge < -0.3 is 15.0 Å². The Kier molecular flexibility index (Phi) is 6.74. The minimum absolute atomic E-state index is 0.196. The molecule has 1 unspecified atom stereocenters. The van der Waals surface area contributed by atoms with Crippen molar-refractivity contribution >= 4 is 12.0 Å². The van der Waals surface area contributed by atoms with Crippen molar-refractivity contribution < 1.29 is 18.7 Å². The number of ether oxygens (including phenoxy) is 1. The average molecular weight is 363 g/mol. The van der Waals surface area contributed by atoms with Gasteiger partial charge in [0.1, 0.15) is 5.82 Å². The standard InChI is InChI=1S/C19H26FN3O3/c1-5-11-22(3)12-15-16(18(24)26-6-2)17(21-19(25)23(15)4)13-9-7-8-10-14(13)20/h7-10,17H,5-6,11-12H2,1-4H3,(H,21,25). The fourth-order valence-electron chi connectivity index (χ4n) is 3.06. The topological polar surface area (TPSA) is 61.9 Å². The molecule has 26 heavy (non-hydrogen) atoms. The number of rotatable bonds is 7. The lowest BCUT2D eigenvalue weighted by molar-refractivity contribution is -0.139. The summed E-state index contributed by atoms with van der Waals surface area (Å²) in [4.78, 5) is 28.6. The van der Waals surface area contributed by atoms with Gasteiger partial charge in [-0.3, -0.25) is 4.90 Å². The molecule has 0 spiro atoms. The molecular formula is C19H26FN3O3. The van der Waals surface area contributed by atoms with Gasteiger partial charge in [-0.05, 0) is 33.0 Å². The minimum atomic E-state index is -0.885. The van der Waals surface area contributed by atoms with Gasteiger partial charge in [-0.1, -0.05) is 25.1 Å². The van der Waals surface area contributed by atoms with Gasteiger partial charge in [0.15, 0.2) is 0 Å². The van der Waals surface area contributed by atoms with Crippen molar-refractivity contribution in [2.24, 2.45) is 0 Å². The van der Waals surface area contributed by atoms with E-state index in [4.69, 9.17) is 4.74 Å². The molecular weight excluding hydrogens is 337 g/mol. The number of hydrogen-bond acceptors (Lipinski definition) is 4. The Morgan fingerprint density at radius 2 is 2.04 bits per heavy atom. The lowest BCUT2D eigenvalue weighted by Gasteiger charge is -2.36. The number of urea groups is 1. The van der Waals surface area contributed by atoms with Crippen molar-refractivity contribution in [3.8, 4) is 0 Å². The van der Waals surface area contributed by atoms with E-state index in [0.29, 0.717) is 12.2 Å². The maximum absolute atomic E-state index is 14.4. The highest BCUT2D eigenvalue weighted by Crippen LogP contribution is 2.32. The third-order valence-corrected chi connectivity index (χ3v) is 4.31. The molecule has 2 amide bonds. The average Bonchev–Trinajstić information content (AvgIpc) is 2.59. The summed E-state index contributed by atoms with van der Waals surface area (Å²) in [6, 6.07) is 4.85. The molecule has 1 aromatic carbocycles. The number of nitrogens with one attached hydrogen (secondary N) is 1. The van der Waals surface area contributed by atoms with Crippen molar-refractivity contribution in [3.05, 3.63) is 46.9 Å². The molecule has 0 aliphatic carbocycles.